The Morgan fingerprint density at radius 3 is 1.50 bits per heavy atom. The first-order chi connectivity index (χ1) is 9.59. The van der Waals surface area contributed by atoms with Crippen LogP contribution in [0.1, 0.15) is 38.3 Å². The highest BCUT2D eigenvalue weighted by Crippen LogP contribution is 2.35. The van der Waals surface area contributed by atoms with E-state index in [0.29, 0.717) is 0 Å². The van der Waals surface area contributed by atoms with Gasteiger partial charge in [-0.25, -0.2) is 8.78 Å². The average Bonchev–Trinajstić information content (AvgIpc) is 2.49. The zero-order valence-electron chi connectivity index (χ0n) is 12.0. The Labute approximate surface area is 118 Å². The summed E-state index contributed by atoms with van der Waals surface area (Å²) < 4.78 is 27.6. The molecule has 0 radical (unpaired) electrons. The van der Waals surface area contributed by atoms with Gasteiger partial charge >= 0.3 is 0 Å². The summed E-state index contributed by atoms with van der Waals surface area (Å²) in [6, 6.07) is 11.8. The van der Waals surface area contributed by atoms with Crippen molar-refractivity contribution in [2.75, 3.05) is 0 Å². The SMILES string of the molecule is CC.CCC(O)(c1ccccc1F)c1ccccc1F. The van der Waals surface area contributed by atoms with Gasteiger partial charge in [0.25, 0.3) is 0 Å². The van der Waals surface area contributed by atoms with Crippen molar-refractivity contribution in [3.05, 3.63) is 71.3 Å². The van der Waals surface area contributed by atoms with Gasteiger partial charge in [0.2, 0.25) is 0 Å². The lowest BCUT2D eigenvalue weighted by Crippen LogP contribution is -2.28. The molecule has 0 fully saturated rings. The monoisotopic (exact) mass is 278 g/mol. The molecule has 0 aromatic heterocycles. The molecule has 2 rings (SSSR count). The van der Waals surface area contributed by atoms with Gasteiger partial charge < -0.3 is 5.11 Å². The minimum Gasteiger partial charge on any atom is -0.380 e. The molecule has 2 aromatic rings. The highest BCUT2D eigenvalue weighted by molar-refractivity contribution is 5.37. The zero-order chi connectivity index (χ0) is 15.2. The van der Waals surface area contributed by atoms with Crippen LogP contribution in [0.2, 0.25) is 0 Å². The molecule has 0 saturated heterocycles. The third-order valence-corrected chi connectivity index (χ3v) is 3.15. The Hall–Kier alpha value is -1.74. The topological polar surface area (TPSA) is 20.2 Å². The smallest absolute Gasteiger partial charge is 0.129 e. The third kappa shape index (κ3) is 3.05. The van der Waals surface area contributed by atoms with Crippen molar-refractivity contribution >= 4 is 0 Å². The molecule has 0 spiro atoms. The predicted octanol–water partition coefficient (Wildman–Crippen LogP) is 4.64. The molecule has 1 N–H and O–H groups in total. The Bertz CT molecular complexity index is 507. The summed E-state index contributed by atoms with van der Waals surface area (Å²) >= 11 is 0. The fourth-order valence-corrected chi connectivity index (χ4v) is 2.12. The highest BCUT2D eigenvalue weighted by Gasteiger charge is 2.34. The van der Waals surface area contributed by atoms with Crippen LogP contribution < -0.4 is 0 Å². The van der Waals surface area contributed by atoms with Crippen LogP contribution >= 0.6 is 0 Å². The first kappa shape index (κ1) is 16.3. The average molecular weight is 278 g/mol. The van der Waals surface area contributed by atoms with Crippen LogP contribution in [0.5, 0.6) is 0 Å². The van der Waals surface area contributed by atoms with Gasteiger partial charge in [-0.15, -0.1) is 0 Å². The summed E-state index contributed by atoms with van der Waals surface area (Å²) in [6.07, 6.45) is 0.189. The number of aliphatic hydroxyl groups is 1. The molecule has 20 heavy (non-hydrogen) atoms. The quantitative estimate of drug-likeness (QED) is 0.867. The van der Waals surface area contributed by atoms with Gasteiger partial charge in [0.15, 0.2) is 0 Å². The van der Waals surface area contributed by atoms with Crippen molar-refractivity contribution in [2.45, 2.75) is 32.8 Å². The van der Waals surface area contributed by atoms with E-state index >= 15 is 0 Å². The van der Waals surface area contributed by atoms with E-state index in [2.05, 4.69) is 0 Å². The molecule has 2 aromatic carbocycles. The fourth-order valence-electron chi connectivity index (χ4n) is 2.12. The molecular formula is C17H20F2O. The van der Waals surface area contributed by atoms with E-state index < -0.39 is 17.2 Å². The maximum Gasteiger partial charge on any atom is 0.129 e. The van der Waals surface area contributed by atoms with Gasteiger partial charge in [-0.1, -0.05) is 57.2 Å². The number of hydrogen-bond acceptors (Lipinski definition) is 1. The molecule has 0 aliphatic rings. The lowest BCUT2D eigenvalue weighted by molar-refractivity contribution is 0.0687. The summed E-state index contributed by atoms with van der Waals surface area (Å²) in [4.78, 5) is 0. The van der Waals surface area contributed by atoms with Gasteiger partial charge in [-0.3, -0.25) is 0 Å². The number of rotatable bonds is 3. The first-order valence-corrected chi connectivity index (χ1v) is 6.82. The van der Waals surface area contributed by atoms with Gasteiger partial charge in [0.1, 0.15) is 17.2 Å². The van der Waals surface area contributed by atoms with Crippen molar-refractivity contribution in [2.24, 2.45) is 0 Å². The molecule has 1 nitrogen and oxygen atoms in total. The minimum absolute atomic E-state index is 0.0950. The maximum atomic E-state index is 13.8. The van der Waals surface area contributed by atoms with Gasteiger partial charge in [-0.2, -0.15) is 0 Å². The van der Waals surface area contributed by atoms with E-state index in [0.717, 1.165) is 0 Å². The molecular weight excluding hydrogens is 258 g/mol. The molecule has 0 heterocycles. The number of benzene rings is 2. The van der Waals surface area contributed by atoms with Crippen LogP contribution in [0.4, 0.5) is 8.78 Å². The Balaban J connectivity index is 0.000000956. The Morgan fingerprint density at radius 2 is 1.20 bits per heavy atom. The van der Waals surface area contributed by atoms with Crippen molar-refractivity contribution in [1.82, 2.24) is 0 Å². The number of hydrogen-bond donors (Lipinski definition) is 1. The molecule has 0 aliphatic heterocycles. The molecule has 0 saturated carbocycles. The zero-order valence-corrected chi connectivity index (χ0v) is 12.0. The van der Waals surface area contributed by atoms with E-state index in [-0.39, 0.29) is 17.5 Å². The lowest BCUT2D eigenvalue weighted by atomic mass is 9.83. The van der Waals surface area contributed by atoms with Crippen LogP contribution in [0.15, 0.2) is 48.5 Å². The van der Waals surface area contributed by atoms with E-state index in [1.807, 2.05) is 13.8 Å². The Kier molecular flexibility index (Phi) is 5.83. The van der Waals surface area contributed by atoms with Gasteiger partial charge in [0.05, 0.1) is 0 Å². The molecule has 0 amide bonds. The van der Waals surface area contributed by atoms with E-state index in [4.69, 9.17) is 0 Å². The third-order valence-electron chi connectivity index (χ3n) is 3.15. The molecule has 3 heteroatoms. The van der Waals surface area contributed by atoms with Crippen LogP contribution in [-0.2, 0) is 5.60 Å². The van der Waals surface area contributed by atoms with Crippen LogP contribution in [-0.4, -0.2) is 5.11 Å². The van der Waals surface area contributed by atoms with Crippen molar-refractivity contribution in [1.29, 1.82) is 0 Å². The summed E-state index contributed by atoms with van der Waals surface area (Å²) in [5, 5.41) is 10.6. The molecule has 0 aliphatic carbocycles. The summed E-state index contributed by atoms with van der Waals surface area (Å²) in [7, 11) is 0. The second-order valence-electron chi connectivity index (χ2n) is 4.17. The first-order valence-electron chi connectivity index (χ1n) is 6.82. The lowest BCUT2D eigenvalue weighted by Gasteiger charge is -2.28. The predicted molar refractivity (Wildman–Crippen MR) is 77.4 cm³/mol. The van der Waals surface area contributed by atoms with Crippen molar-refractivity contribution in [3.63, 3.8) is 0 Å². The van der Waals surface area contributed by atoms with E-state index in [9.17, 15) is 13.9 Å². The second kappa shape index (κ2) is 7.15. The summed E-state index contributed by atoms with van der Waals surface area (Å²) in [5.41, 5.74) is -1.45. The standard InChI is InChI=1S/C15H14F2O.C2H6/c1-2-15(18,11-7-3-5-9-13(11)16)12-8-4-6-10-14(12)17;1-2/h3-10,18H,2H2,1H3;1-2H3. The number of halogens is 2. The normalized spacial score (nSPS) is 10.7. The van der Waals surface area contributed by atoms with Crippen molar-refractivity contribution in [3.8, 4) is 0 Å². The van der Waals surface area contributed by atoms with Gasteiger partial charge in [-0.05, 0) is 18.6 Å². The minimum atomic E-state index is -1.64. The van der Waals surface area contributed by atoms with Crippen LogP contribution in [0.25, 0.3) is 0 Å². The fraction of sp³-hybridized carbons (Fsp3) is 0.294. The summed E-state index contributed by atoms with van der Waals surface area (Å²) in [6.45, 7) is 5.69. The maximum absolute atomic E-state index is 13.8. The van der Waals surface area contributed by atoms with E-state index in [1.165, 1.54) is 36.4 Å². The highest BCUT2D eigenvalue weighted by atomic mass is 19.1. The molecule has 0 bridgehead atoms. The summed E-state index contributed by atoms with van der Waals surface area (Å²) in [5.74, 6) is -1.07. The van der Waals surface area contributed by atoms with Gasteiger partial charge in [0, 0.05) is 11.1 Å². The largest absolute Gasteiger partial charge is 0.380 e. The molecule has 0 atom stereocenters. The van der Waals surface area contributed by atoms with E-state index in [1.54, 1.807) is 19.1 Å². The molecule has 0 unspecified atom stereocenters. The molecule has 108 valence electrons. The second-order valence-corrected chi connectivity index (χ2v) is 4.17. The van der Waals surface area contributed by atoms with Crippen LogP contribution in [0, 0.1) is 11.6 Å². The Morgan fingerprint density at radius 1 is 0.850 bits per heavy atom. The van der Waals surface area contributed by atoms with Crippen LogP contribution in [0.3, 0.4) is 0 Å². The van der Waals surface area contributed by atoms with Crippen molar-refractivity contribution < 1.29 is 13.9 Å².